The molecule has 2 rings (SSSR count). The summed E-state index contributed by atoms with van der Waals surface area (Å²) >= 11 is 0. The molecule has 20 heavy (non-hydrogen) atoms. The lowest BCUT2D eigenvalue weighted by atomic mass is 9.93. The first-order valence-electron chi connectivity index (χ1n) is 6.49. The molecule has 0 aliphatic carbocycles. The molecule has 0 saturated heterocycles. The van der Waals surface area contributed by atoms with Gasteiger partial charge in [-0.2, -0.15) is 0 Å². The number of benzene rings is 2. The molecule has 2 aromatic carbocycles. The largest absolute Gasteiger partial charge is 0.462 e. The average Bonchev–Trinajstić information content (AvgIpc) is 2.47. The standard InChI is InChI=1S/C17H16O3/c1-3-20-17(19)15-10-12(2)9-14(11-18)16(15)13-7-5-4-6-8-13/h4-11H,3H2,1-2H3. The Kier molecular flexibility index (Phi) is 4.31. The molecule has 2 aromatic rings. The number of ether oxygens (including phenoxy) is 1. The maximum Gasteiger partial charge on any atom is 0.338 e. The molecule has 0 aromatic heterocycles. The number of hydrogen-bond acceptors (Lipinski definition) is 3. The minimum atomic E-state index is -0.404. The fourth-order valence-electron chi connectivity index (χ4n) is 2.20. The van der Waals surface area contributed by atoms with E-state index in [1.165, 1.54) is 0 Å². The molecule has 102 valence electrons. The van der Waals surface area contributed by atoms with Gasteiger partial charge in [-0.15, -0.1) is 0 Å². The van der Waals surface area contributed by atoms with Crippen LogP contribution < -0.4 is 0 Å². The van der Waals surface area contributed by atoms with Crippen LogP contribution in [0.15, 0.2) is 42.5 Å². The normalized spacial score (nSPS) is 10.1. The van der Waals surface area contributed by atoms with Crippen LogP contribution in [-0.2, 0) is 4.74 Å². The number of aryl methyl sites for hydroxylation is 1. The third kappa shape index (κ3) is 2.77. The molecule has 0 bridgehead atoms. The number of carbonyl (C=O) groups is 2. The monoisotopic (exact) mass is 268 g/mol. The zero-order chi connectivity index (χ0) is 14.5. The Morgan fingerprint density at radius 1 is 1.20 bits per heavy atom. The van der Waals surface area contributed by atoms with E-state index in [0.717, 1.165) is 17.4 Å². The number of aldehydes is 1. The van der Waals surface area contributed by atoms with Crippen molar-refractivity contribution < 1.29 is 14.3 Å². The summed E-state index contributed by atoms with van der Waals surface area (Å²) in [7, 11) is 0. The highest BCUT2D eigenvalue weighted by atomic mass is 16.5. The van der Waals surface area contributed by atoms with Gasteiger partial charge in [0.2, 0.25) is 0 Å². The Labute approximate surface area is 118 Å². The highest BCUT2D eigenvalue weighted by Gasteiger charge is 2.18. The second kappa shape index (κ2) is 6.15. The van der Waals surface area contributed by atoms with Crippen LogP contribution in [0.5, 0.6) is 0 Å². The van der Waals surface area contributed by atoms with Gasteiger partial charge >= 0.3 is 5.97 Å². The molecule has 0 fully saturated rings. The molecule has 0 aliphatic heterocycles. The van der Waals surface area contributed by atoms with Crippen molar-refractivity contribution in [3.63, 3.8) is 0 Å². The molecule has 0 saturated carbocycles. The van der Waals surface area contributed by atoms with Gasteiger partial charge in [0.15, 0.2) is 6.29 Å². The number of carbonyl (C=O) groups excluding carboxylic acids is 2. The summed E-state index contributed by atoms with van der Waals surface area (Å²) < 4.78 is 5.09. The Bertz CT molecular complexity index is 630. The van der Waals surface area contributed by atoms with Crippen molar-refractivity contribution >= 4 is 12.3 Å². The summed E-state index contributed by atoms with van der Waals surface area (Å²) in [5, 5.41) is 0. The molecule has 0 unspecified atom stereocenters. The van der Waals surface area contributed by atoms with E-state index in [2.05, 4.69) is 0 Å². The second-order valence-electron chi connectivity index (χ2n) is 4.48. The van der Waals surface area contributed by atoms with Gasteiger partial charge in [-0.1, -0.05) is 30.3 Å². The van der Waals surface area contributed by atoms with Gasteiger partial charge in [0.05, 0.1) is 12.2 Å². The first-order chi connectivity index (χ1) is 9.67. The van der Waals surface area contributed by atoms with Crippen LogP contribution in [0, 0.1) is 6.92 Å². The van der Waals surface area contributed by atoms with Gasteiger partial charge in [0.25, 0.3) is 0 Å². The maximum atomic E-state index is 12.1. The topological polar surface area (TPSA) is 43.4 Å². The molecule has 0 amide bonds. The summed E-state index contributed by atoms with van der Waals surface area (Å²) in [5.74, 6) is -0.404. The number of hydrogen-bond donors (Lipinski definition) is 0. The third-order valence-electron chi connectivity index (χ3n) is 3.00. The summed E-state index contributed by atoms with van der Waals surface area (Å²) in [6.07, 6.45) is 0.776. The molecule has 0 spiro atoms. The molecule has 3 heteroatoms. The van der Waals surface area contributed by atoms with Crippen LogP contribution in [-0.4, -0.2) is 18.9 Å². The van der Waals surface area contributed by atoms with Crippen LogP contribution in [0.3, 0.4) is 0 Å². The third-order valence-corrected chi connectivity index (χ3v) is 3.00. The predicted octanol–water partition coefficient (Wildman–Crippen LogP) is 3.65. The van der Waals surface area contributed by atoms with Gasteiger partial charge in [-0.05, 0) is 37.1 Å². The first-order valence-corrected chi connectivity index (χ1v) is 6.49. The summed E-state index contributed by atoms with van der Waals surface area (Å²) in [6, 6.07) is 12.9. The van der Waals surface area contributed by atoms with Gasteiger partial charge in [0, 0.05) is 11.1 Å². The lowest BCUT2D eigenvalue weighted by Crippen LogP contribution is -2.08. The smallest absolute Gasteiger partial charge is 0.338 e. The Morgan fingerprint density at radius 2 is 1.90 bits per heavy atom. The van der Waals surface area contributed by atoms with Gasteiger partial charge in [0.1, 0.15) is 0 Å². The van der Waals surface area contributed by atoms with Crippen molar-refractivity contribution in [3.05, 3.63) is 59.2 Å². The van der Waals surface area contributed by atoms with E-state index < -0.39 is 5.97 Å². The molecule has 0 heterocycles. The SMILES string of the molecule is CCOC(=O)c1cc(C)cc(C=O)c1-c1ccccc1. The van der Waals surface area contributed by atoms with E-state index >= 15 is 0 Å². The van der Waals surface area contributed by atoms with Crippen LogP contribution in [0.4, 0.5) is 0 Å². The molecule has 0 atom stereocenters. The molecule has 0 N–H and O–H groups in total. The Balaban J connectivity index is 2.69. The zero-order valence-corrected chi connectivity index (χ0v) is 11.6. The molecule has 3 nitrogen and oxygen atoms in total. The van der Waals surface area contributed by atoms with Crippen molar-refractivity contribution in [1.29, 1.82) is 0 Å². The van der Waals surface area contributed by atoms with Crippen molar-refractivity contribution in [1.82, 2.24) is 0 Å². The van der Waals surface area contributed by atoms with Crippen LogP contribution in [0.2, 0.25) is 0 Å². The highest BCUT2D eigenvalue weighted by molar-refractivity contribution is 6.02. The van der Waals surface area contributed by atoms with Gasteiger partial charge in [-0.3, -0.25) is 4.79 Å². The van der Waals surface area contributed by atoms with Crippen LogP contribution in [0.25, 0.3) is 11.1 Å². The fraction of sp³-hybridized carbons (Fsp3) is 0.176. The first kappa shape index (κ1) is 14.0. The number of rotatable bonds is 4. The average molecular weight is 268 g/mol. The van der Waals surface area contributed by atoms with Gasteiger partial charge < -0.3 is 4.74 Å². The minimum Gasteiger partial charge on any atom is -0.462 e. The molecular weight excluding hydrogens is 252 g/mol. The van der Waals surface area contributed by atoms with Gasteiger partial charge in [-0.25, -0.2) is 4.79 Å². The fourth-order valence-corrected chi connectivity index (χ4v) is 2.20. The van der Waals surface area contributed by atoms with Crippen molar-refractivity contribution in [3.8, 4) is 11.1 Å². The lowest BCUT2D eigenvalue weighted by molar-refractivity contribution is 0.0527. The van der Waals surface area contributed by atoms with E-state index in [4.69, 9.17) is 4.74 Å². The Morgan fingerprint density at radius 3 is 2.50 bits per heavy atom. The van der Waals surface area contributed by atoms with E-state index in [1.807, 2.05) is 37.3 Å². The van der Waals surface area contributed by atoms with E-state index in [-0.39, 0.29) is 0 Å². The maximum absolute atomic E-state index is 12.1. The van der Waals surface area contributed by atoms with E-state index in [0.29, 0.717) is 23.3 Å². The zero-order valence-electron chi connectivity index (χ0n) is 11.6. The predicted molar refractivity (Wildman–Crippen MR) is 78.0 cm³/mol. The van der Waals surface area contributed by atoms with Crippen molar-refractivity contribution in [2.45, 2.75) is 13.8 Å². The van der Waals surface area contributed by atoms with Crippen molar-refractivity contribution in [2.75, 3.05) is 6.61 Å². The van der Waals surface area contributed by atoms with E-state index in [9.17, 15) is 9.59 Å². The molecule has 0 radical (unpaired) electrons. The lowest BCUT2D eigenvalue weighted by Gasteiger charge is -2.13. The molecular formula is C17H16O3. The quantitative estimate of drug-likeness (QED) is 0.628. The van der Waals surface area contributed by atoms with E-state index in [1.54, 1.807) is 19.1 Å². The number of esters is 1. The minimum absolute atomic E-state index is 0.303. The summed E-state index contributed by atoms with van der Waals surface area (Å²) in [6.45, 7) is 3.92. The summed E-state index contributed by atoms with van der Waals surface area (Å²) in [5.41, 5.74) is 3.25. The summed E-state index contributed by atoms with van der Waals surface area (Å²) in [4.78, 5) is 23.5. The molecule has 0 aliphatic rings. The second-order valence-corrected chi connectivity index (χ2v) is 4.48. The highest BCUT2D eigenvalue weighted by Crippen LogP contribution is 2.29. The van der Waals surface area contributed by atoms with Crippen molar-refractivity contribution in [2.24, 2.45) is 0 Å². The van der Waals surface area contributed by atoms with Crippen LogP contribution >= 0.6 is 0 Å². The van der Waals surface area contributed by atoms with Crippen LogP contribution in [0.1, 0.15) is 33.2 Å². The Hall–Kier alpha value is -2.42.